The summed E-state index contributed by atoms with van der Waals surface area (Å²) in [5, 5.41) is 3.17. The van der Waals surface area contributed by atoms with Crippen molar-refractivity contribution in [2.75, 3.05) is 5.73 Å². The van der Waals surface area contributed by atoms with Gasteiger partial charge >= 0.3 is 0 Å². The van der Waals surface area contributed by atoms with Gasteiger partial charge in [-0.3, -0.25) is 4.79 Å². The highest BCUT2D eigenvalue weighted by Crippen LogP contribution is 2.28. The maximum Gasteiger partial charge on any atom is 0.224 e. The van der Waals surface area contributed by atoms with Crippen molar-refractivity contribution in [1.29, 1.82) is 0 Å². The van der Waals surface area contributed by atoms with Crippen LogP contribution in [0, 0.1) is 11.8 Å². The first-order valence-corrected chi connectivity index (χ1v) is 7.16. The van der Waals surface area contributed by atoms with E-state index in [2.05, 4.69) is 19.2 Å². The van der Waals surface area contributed by atoms with Gasteiger partial charge in [-0.15, -0.1) is 12.4 Å². The van der Waals surface area contributed by atoms with Gasteiger partial charge in [0.1, 0.15) is 0 Å². The van der Waals surface area contributed by atoms with Crippen molar-refractivity contribution < 1.29 is 4.79 Å². The Morgan fingerprint density at radius 3 is 2.25 bits per heavy atom. The predicted octanol–water partition coefficient (Wildman–Crippen LogP) is 3.17. The van der Waals surface area contributed by atoms with Crippen molar-refractivity contribution >= 4 is 24.0 Å². The molecule has 1 aliphatic carbocycles. The molecule has 1 saturated carbocycles. The zero-order valence-electron chi connectivity index (χ0n) is 12.3. The third-order valence-corrected chi connectivity index (χ3v) is 3.89. The molecule has 0 heterocycles. The van der Waals surface area contributed by atoms with E-state index in [1.165, 1.54) is 6.42 Å². The van der Waals surface area contributed by atoms with Crippen molar-refractivity contribution in [2.24, 2.45) is 11.8 Å². The van der Waals surface area contributed by atoms with Crippen LogP contribution in [0.1, 0.15) is 38.7 Å². The number of benzene rings is 1. The Hall–Kier alpha value is -1.22. The molecule has 4 heteroatoms. The topological polar surface area (TPSA) is 55.1 Å². The molecule has 1 amide bonds. The summed E-state index contributed by atoms with van der Waals surface area (Å²) in [5.74, 6) is 1.55. The minimum Gasteiger partial charge on any atom is -0.399 e. The smallest absolute Gasteiger partial charge is 0.224 e. The zero-order valence-corrected chi connectivity index (χ0v) is 13.1. The van der Waals surface area contributed by atoms with E-state index in [0.717, 1.165) is 24.1 Å². The van der Waals surface area contributed by atoms with Gasteiger partial charge in [0, 0.05) is 11.7 Å². The summed E-state index contributed by atoms with van der Waals surface area (Å²) in [6.45, 7) is 4.55. The second-order valence-corrected chi connectivity index (χ2v) is 6.10. The van der Waals surface area contributed by atoms with Gasteiger partial charge in [0.25, 0.3) is 0 Å². The third-order valence-electron chi connectivity index (χ3n) is 3.89. The van der Waals surface area contributed by atoms with Gasteiger partial charge in [0.15, 0.2) is 0 Å². The lowest BCUT2D eigenvalue weighted by Gasteiger charge is -2.32. The molecule has 0 aliphatic heterocycles. The molecule has 1 aromatic rings. The first-order valence-electron chi connectivity index (χ1n) is 7.16. The van der Waals surface area contributed by atoms with Gasteiger partial charge in [-0.2, -0.15) is 0 Å². The number of halogens is 1. The van der Waals surface area contributed by atoms with Gasteiger partial charge in [-0.05, 0) is 48.8 Å². The van der Waals surface area contributed by atoms with E-state index in [-0.39, 0.29) is 18.3 Å². The quantitative estimate of drug-likeness (QED) is 0.842. The lowest BCUT2D eigenvalue weighted by Crippen LogP contribution is -2.40. The summed E-state index contributed by atoms with van der Waals surface area (Å²) in [7, 11) is 0. The van der Waals surface area contributed by atoms with Crippen LogP contribution in [0.3, 0.4) is 0 Å². The summed E-state index contributed by atoms with van der Waals surface area (Å²) < 4.78 is 0. The number of hydrogen-bond acceptors (Lipinski definition) is 2. The Kier molecular flexibility index (Phi) is 6.34. The predicted molar refractivity (Wildman–Crippen MR) is 85.9 cm³/mol. The molecule has 2 unspecified atom stereocenters. The van der Waals surface area contributed by atoms with Gasteiger partial charge < -0.3 is 11.1 Å². The lowest BCUT2D eigenvalue weighted by molar-refractivity contribution is -0.121. The number of amides is 1. The van der Waals surface area contributed by atoms with Crippen LogP contribution in [-0.4, -0.2) is 11.9 Å². The van der Waals surface area contributed by atoms with E-state index in [4.69, 9.17) is 5.73 Å². The number of carbonyl (C=O) groups excluding carboxylic acids is 1. The standard InChI is InChI=1S/C16H24N2O.ClH/c1-11-7-12(2)9-15(8-11)18-16(19)10-13-3-5-14(17)6-4-13;/h3-6,11-12,15H,7-10,17H2,1-2H3,(H,18,19);1H. The number of hydrogen-bond donors (Lipinski definition) is 2. The Labute approximate surface area is 127 Å². The molecule has 1 fully saturated rings. The van der Waals surface area contributed by atoms with E-state index in [9.17, 15) is 4.79 Å². The normalized spacial score (nSPS) is 25.6. The number of anilines is 1. The highest BCUT2D eigenvalue weighted by Gasteiger charge is 2.24. The minimum absolute atomic E-state index is 0. The molecular formula is C16H25ClN2O. The van der Waals surface area contributed by atoms with Crippen LogP contribution in [0.2, 0.25) is 0 Å². The number of nitrogens with two attached hydrogens (primary N) is 1. The van der Waals surface area contributed by atoms with Gasteiger partial charge in [-0.25, -0.2) is 0 Å². The van der Waals surface area contributed by atoms with Crippen LogP contribution in [0.5, 0.6) is 0 Å². The van der Waals surface area contributed by atoms with Crippen LogP contribution < -0.4 is 11.1 Å². The lowest BCUT2D eigenvalue weighted by atomic mass is 9.80. The van der Waals surface area contributed by atoms with Crippen LogP contribution in [0.4, 0.5) is 5.69 Å². The van der Waals surface area contributed by atoms with Gasteiger partial charge in [0.05, 0.1) is 6.42 Å². The molecule has 1 aromatic carbocycles. The first-order chi connectivity index (χ1) is 9.02. The van der Waals surface area contributed by atoms with E-state index in [1.54, 1.807) is 0 Å². The summed E-state index contributed by atoms with van der Waals surface area (Å²) in [6.07, 6.45) is 3.94. The highest BCUT2D eigenvalue weighted by molar-refractivity contribution is 5.85. The average Bonchev–Trinajstić information content (AvgIpc) is 2.30. The summed E-state index contributed by atoms with van der Waals surface area (Å²) in [5.41, 5.74) is 7.39. The van der Waals surface area contributed by atoms with Crippen LogP contribution in [-0.2, 0) is 11.2 Å². The van der Waals surface area contributed by atoms with Crippen molar-refractivity contribution in [3.63, 3.8) is 0 Å². The van der Waals surface area contributed by atoms with Crippen molar-refractivity contribution in [1.82, 2.24) is 5.32 Å². The molecular weight excluding hydrogens is 272 g/mol. The second kappa shape index (κ2) is 7.53. The van der Waals surface area contributed by atoms with Crippen LogP contribution >= 0.6 is 12.4 Å². The molecule has 20 heavy (non-hydrogen) atoms. The molecule has 0 spiro atoms. The molecule has 0 aromatic heterocycles. The van der Waals surface area contributed by atoms with E-state index in [1.807, 2.05) is 24.3 Å². The maximum absolute atomic E-state index is 12.0. The van der Waals surface area contributed by atoms with Crippen molar-refractivity contribution in [2.45, 2.75) is 45.6 Å². The monoisotopic (exact) mass is 296 g/mol. The highest BCUT2D eigenvalue weighted by atomic mass is 35.5. The number of nitrogen functional groups attached to an aromatic ring is 1. The number of nitrogens with one attached hydrogen (secondary N) is 1. The molecule has 1 aliphatic rings. The van der Waals surface area contributed by atoms with E-state index >= 15 is 0 Å². The third kappa shape index (κ3) is 5.04. The first kappa shape index (κ1) is 16.8. The number of carbonyl (C=O) groups is 1. The van der Waals surface area contributed by atoms with Gasteiger partial charge in [-0.1, -0.05) is 26.0 Å². The fourth-order valence-electron chi connectivity index (χ4n) is 3.16. The summed E-state index contributed by atoms with van der Waals surface area (Å²) in [4.78, 5) is 12.0. The zero-order chi connectivity index (χ0) is 13.8. The molecule has 3 N–H and O–H groups in total. The van der Waals surface area contributed by atoms with Crippen LogP contribution in [0.25, 0.3) is 0 Å². The van der Waals surface area contributed by atoms with Crippen LogP contribution in [0.15, 0.2) is 24.3 Å². The Balaban J connectivity index is 0.00000200. The fourth-order valence-corrected chi connectivity index (χ4v) is 3.16. The largest absolute Gasteiger partial charge is 0.399 e. The fraction of sp³-hybridized carbons (Fsp3) is 0.562. The number of rotatable bonds is 3. The molecule has 0 bridgehead atoms. The summed E-state index contributed by atoms with van der Waals surface area (Å²) in [6, 6.07) is 7.86. The van der Waals surface area contributed by atoms with Crippen molar-refractivity contribution in [3.8, 4) is 0 Å². The molecule has 2 rings (SSSR count). The minimum atomic E-state index is 0. The van der Waals surface area contributed by atoms with Crippen molar-refractivity contribution in [3.05, 3.63) is 29.8 Å². The van der Waals surface area contributed by atoms with E-state index in [0.29, 0.717) is 24.3 Å². The Morgan fingerprint density at radius 2 is 1.70 bits per heavy atom. The molecule has 112 valence electrons. The molecule has 2 atom stereocenters. The Morgan fingerprint density at radius 1 is 1.15 bits per heavy atom. The van der Waals surface area contributed by atoms with Gasteiger partial charge in [0.2, 0.25) is 5.91 Å². The maximum atomic E-state index is 12.0. The average molecular weight is 297 g/mol. The second-order valence-electron chi connectivity index (χ2n) is 6.10. The molecule has 3 nitrogen and oxygen atoms in total. The molecule has 0 radical (unpaired) electrons. The Bertz CT molecular complexity index is 423. The summed E-state index contributed by atoms with van der Waals surface area (Å²) >= 11 is 0. The molecule has 0 saturated heterocycles. The SMILES string of the molecule is CC1CC(C)CC(NC(=O)Cc2ccc(N)cc2)C1.Cl. The van der Waals surface area contributed by atoms with E-state index < -0.39 is 0 Å².